The maximum Gasteiger partial charge on any atom is 0.310 e. The van der Waals surface area contributed by atoms with Gasteiger partial charge in [-0.1, -0.05) is 121 Å². The molecule has 2 aliphatic rings. The SMILES string of the molecule is O=C(Nc1ccc2ccccc2c1-c1c(NC(=O)C2=N[C@@H](c3ccccc3)CO2)ccc2ccccc12)C1=N[C@@H](c2ccccc2)CO1. The van der Waals surface area contributed by atoms with Crippen molar-refractivity contribution in [1.82, 2.24) is 0 Å². The molecule has 6 aromatic rings. The van der Waals surface area contributed by atoms with Crippen molar-refractivity contribution in [2.24, 2.45) is 9.98 Å². The average Bonchev–Trinajstić information content (AvgIpc) is 3.84. The Kier molecular flexibility index (Phi) is 7.58. The first-order valence-electron chi connectivity index (χ1n) is 15.8. The maximum atomic E-state index is 13.7. The number of hydrogen-bond donors (Lipinski definition) is 2. The van der Waals surface area contributed by atoms with Gasteiger partial charge in [-0.15, -0.1) is 0 Å². The Morgan fingerprint density at radius 1 is 0.500 bits per heavy atom. The first kappa shape index (κ1) is 29.1. The smallest absolute Gasteiger partial charge is 0.310 e. The molecule has 6 aromatic carbocycles. The van der Waals surface area contributed by atoms with Crippen molar-refractivity contribution < 1.29 is 19.1 Å². The third kappa shape index (κ3) is 5.54. The third-order valence-corrected chi connectivity index (χ3v) is 8.66. The van der Waals surface area contributed by atoms with Gasteiger partial charge in [-0.05, 0) is 44.8 Å². The number of fused-ring (bicyclic) bond motifs is 2. The van der Waals surface area contributed by atoms with Crippen LogP contribution in [-0.4, -0.2) is 36.8 Å². The highest BCUT2D eigenvalue weighted by atomic mass is 16.5. The lowest BCUT2D eigenvalue weighted by molar-refractivity contribution is -0.112. The number of carbonyl (C=O) groups excluding carboxylic acids is 2. The number of nitrogens with one attached hydrogen (secondary N) is 2. The number of anilines is 2. The van der Waals surface area contributed by atoms with E-state index in [1.807, 2.05) is 133 Å². The quantitative estimate of drug-likeness (QED) is 0.187. The molecule has 2 amide bonds. The monoisotopic (exact) mass is 630 g/mol. The van der Waals surface area contributed by atoms with Crippen molar-refractivity contribution in [1.29, 1.82) is 0 Å². The van der Waals surface area contributed by atoms with Crippen LogP contribution in [0, 0.1) is 0 Å². The molecule has 8 rings (SSSR count). The van der Waals surface area contributed by atoms with E-state index >= 15 is 0 Å². The molecule has 0 unspecified atom stereocenters. The fraction of sp³-hybridized carbons (Fsp3) is 0.100. The van der Waals surface area contributed by atoms with Gasteiger partial charge in [0.1, 0.15) is 25.3 Å². The van der Waals surface area contributed by atoms with Crippen molar-refractivity contribution >= 4 is 56.5 Å². The standard InChI is InChI=1S/C40H30N4O4/c45-37(39-43-33(23-47-39)27-13-3-1-4-14-27)41-31-21-19-25-11-7-9-17-29(25)35(31)36-30-18-10-8-12-26(30)20-22-32(36)42-38(46)40-44-34(24-48-40)28-15-5-2-6-16-28/h1-22,33-34H,23-24H2,(H,41,45)(H,42,46)/t33-,34-/m1/s1. The van der Waals surface area contributed by atoms with Gasteiger partial charge in [0.2, 0.25) is 0 Å². The van der Waals surface area contributed by atoms with Crippen LogP contribution in [0.1, 0.15) is 23.2 Å². The Morgan fingerprint density at radius 3 is 1.33 bits per heavy atom. The van der Waals surface area contributed by atoms with E-state index in [1.54, 1.807) is 0 Å². The summed E-state index contributed by atoms with van der Waals surface area (Å²) in [5.74, 6) is -0.842. The highest BCUT2D eigenvalue weighted by Crippen LogP contribution is 2.44. The molecule has 0 radical (unpaired) electrons. The summed E-state index contributed by atoms with van der Waals surface area (Å²) in [5.41, 5.74) is 4.58. The van der Waals surface area contributed by atoms with Gasteiger partial charge < -0.3 is 20.1 Å². The van der Waals surface area contributed by atoms with E-state index in [1.165, 1.54) is 0 Å². The molecule has 48 heavy (non-hydrogen) atoms. The number of nitrogens with zero attached hydrogens (tertiary/aromatic N) is 2. The van der Waals surface area contributed by atoms with Crippen molar-refractivity contribution in [2.75, 3.05) is 23.8 Å². The highest BCUT2D eigenvalue weighted by molar-refractivity contribution is 6.42. The minimum Gasteiger partial charge on any atom is -0.471 e. The molecule has 2 atom stereocenters. The van der Waals surface area contributed by atoms with E-state index in [4.69, 9.17) is 9.47 Å². The molecular formula is C40H30N4O4. The zero-order valence-electron chi connectivity index (χ0n) is 25.8. The Balaban J connectivity index is 1.20. The van der Waals surface area contributed by atoms with Crippen LogP contribution in [-0.2, 0) is 19.1 Å². The van der Waals surface area contributed by atoms with Crippen LogP contribution < -0.4 is 10.6 Å². The van der Waals surface area contributed by atoms with Gasteiger partial charge >= 0.3 is 11.8 Å². The molecular weight excluding hydrogens is 600 g/mol. The average molecular weight is 631 g/mol. The second-order valence-electron chi connectivity index (χ2n) is 11.7. The van der Waals surface area contributed by atoms with E-state index in [0.717, 1.165) is 43.8 Å². The molecule has 8 heteroatoms. The Bertz CT molecular complexity index is 2090. The Morgan fingerprint density at radius 2 is 0.896 bits per heavy atom. The maximum absolute atomic E-state index is 13.7. The predicted octanol–water partition coefficient (Wildman–Crippen LogP) is 7.88. The van der Waals surface area contributed by atoms with E-state index < -0.39 is 11.8 Å². The molecule has 2 N–H and O–H groups in total. The number of hydrogen-bond acceptors (Lipinski definition) is 6. The summed E-state index contributed by atoms with van der Waals surface area (Å²) in [4.78, 5) is 36.6. The summed E-state index contributed by atoms with van der Waals surface area (Å²) in [6.07, 6.45) is 0. The molecule has 8 nitrogen and oxygen atoms in total. The molecule has 0 aromatic heterocycles. The van der Waals surface area contributed by atoms with Crippen LogP contribution in [0.5, 0.6) is 0 Å². The molecule has 0 saturated heterocycles. The summed E-state index contributed by atoms with van der Waals surface area (Å²) < 4.78 is 11.6. The molecule has 0 fully saturated rings. The molecule has 0 saturated carbocycles. The third-order valence-electron chi connectivity index (χ3n) is 8.66. The minimum atomic E-state index is -0.448. The number of aliphatic imine (C=N–C) groups is 2. The van der Waals surface area contributed by atoms with Crippen LogP contribution >= 0.6 is 0 Å². The molecule has 0 bridgehead atoms. The minimum absolute atomic E-state index is 0.0266. The molecule has 0 spiro atoms. The summed E-state index contributed by atoms with van der Waals surface area (Å²) >= 11 is 0. The lowest BCUT2D eigenvalue weighted by atomic mass is 9.91. The second-order valence-corrected chi connectivity index (χ2v) is 11.7. The van der Waals surface area contributed by atoms with Gasteiger partial charge in [0.05, 0.1) is 0 Å². The van der Waals surface area contributed by atoms with Crippen molar-refractivity contribution in [3.05, 3.63) is 145 Å². The lowest BCUT2D eigenvalue weighted by Gasteiger charge is -2.20. The summed E-state index contributed by atoms with van der Waals surface area (Å²) in [5, 5.41) is 9.92. The number of carbonyl (C=O) groups is 2. The van der Waals surface area contributed by atoms with Crippen LogP contribution in [0.25, 0.3) is 32.7 Å². The van der Waals surface area contributed by atoms with Crippen molar-refractivity contribution in [3.63, 3.8) is 0 Å². The fourth-order valence-electron chi connectivity index (χ4n) is 6.33. The molecule has 2 heterocycles. The summed E-state index contributed by atoms with van der Waals surface area (Å²) in [6.45, 7) is 0.571. The number of amides is 2. The van der Waals surface area contributed by atoms with Crippen LogP contribution in [0.4, 0.5) is 11.4 Å². The van der Waals surface area contributed by atoms with E-state index in [2.05, 4.69) is 20.6 Å². The number of ether oxygens (including phenoxy) is 2. The number of rotatable bonds is 7. The van der Waals surface area contributed by atoms with Crippen LogP contribution in [0.3, 0.4) is 0 Å². The van der Waals surface area contributed by atoms with Gasteiger partial charge in [-0.3, -0.25) is 9.59 Å². The molecule has 0 aliphatic carbocycles. The lowest BCUT2D eigenvalue weighted by Crippen LogP contribution is -2.24. The predicted molar refractivity (Wildman–Crippen MR) is 189 cm³/mol. The van der Waals surface area contributed by atoms with Gasteiger partial charge in [-0.2, -0.15) is 0 Å². The normalized spacial score (nSPS) is 16.9. The Hall–Kier alpha value is -6.28. The largest absolute Gasteiger partial charge is 0.471 e. The zero-order chi connectivity index (χ0) is 32.5. The van der Waals surface area contributed by atoms with Crippen LogP contribution in [0.15, 0.2) is 143 Å². The van der Waals surface area contributed by atoms with E-state index in [9.17, 15) is 9.59 Å². The highest BCUT2D eigenvalue weighted by Gasteiger charge is 2.29. The van der Waals surface area contributed by atoms with Crippen molar-refractivity contribution in [3.8, 4) is 11.1 Å². The second kappa shape index (κ2) is 12.5. The number of benzene rings is 6. The first-order valence-corrected chi connectivity index (χ1v) is 15.8. The van der Waals surface area contributed by atoms with Crippen LogP contribution in [0.2, 0.25) is 0 Å². The van der Waals surface area contributed by atoms with Gasteiger partial charge in [0, 0.05) is 22.5 Å². The summed E-state index contributed by atoms with van der Waals surface area (Å²) in [6, 6.07) is 42.6. The van der Waals surface area contributed by atoms with Gasteiger partial charge in [0.25, 0.3) is 11.8 Å². The summed E-state index contributed by atoms with van der Waals surface area (Å²) in [7, 11) is 0. The van der Waals surface area contributed by atoms with E-state index in [0.29, 0.717) is 11.4 Å². The van der Waals surface area contributed by atoms with Crippen molar-refractivity contribution in [2.45, 2.75) is 12.1 Å². The Labute approximate surface area is 276 Å². The molecule has 2 aliphatic heterocycles. The van der Waals surface area contributed by atoms with Gasteiger partial charge in [0.15, 0.2) is 0 Å². The fourth-order valence-corrected chi connectivity index (χ4v) is 6.33. The van der Waals surface area contributed by atoms with E-state index in [-0.39, 0.29) is 37.1 Å². The zero-order valence-corrected chi connectivity index (χ0v) is 25.8. The van der Waals surface area contributed by atoms with Gasteiger partial charge in [-0.25, -0.2) is 9.98 Å². The first-order chi connectivity index (χ1) is 23.6. The topological polar surface area (TPSA) is 101 Å². The molecule has 234 valence electrons.